The third kappa shape index (κ3) is 4.56. The number of carbonyl (C=O) groups is 1. The van der Waals surface area contributed by atoms with Crippen molar-refractivity contribution in [2.24, 2.45) is 0 Å². The molecule has 0 aliphatic rings. The van der Waals surface area contributed by atoms with Gasteiger partial charge in [0.15, 0.2) is 0 Å². The van der Waals surface area contributed by atoms with Crippen LogP contribution >= 0.6 is 0 Å². The molecule has 110 valence electrons. The summed E-state index contributed by atoms with van der Waals surface area (Å²) >= 11 is 0. The first kappa shape index (κ1) is 15.0. The van der Waals surface area contributed by atoms with E-state index >= 15 is 0 Å². The number of rotatable bonds is 6. The van der Waals surface area contributed by atoms with Gasteiger partial charge < -0.3 is 10.6 Å². The summed E-state index contributed by atoms with van der Waals surface area (Å²) in [5.41, 5.74) is 2.37. The van der Waals surface area contributed by atoms with E-state index < -0.39 is 0 Å². The average Bonchev–Trinajstić information content (AvgIpc) is 2.53. The van der Waals surface area contributed by atoms with Crippen LogP contribution in [-0.4, -0.2) is 21.9 Å². The quantitative estimate of drug-likeness (QED) is 0.855. The lowest BCUT2D eigenvalue weighted by Crippen LogP contribution is -2.23. The molecule has 0 aliphatic carbocycles. The van der Waals surface area contributed by atoms with Crippen molar-refractivity contribution in [1.82, 2.24) is 15.3 Å². The first-order chi connectivity index (χ1) is 10.2. The Hall–Kier alpha value is -2.43. The van der Waals surface area contributed by atoms with Crippen molar-refractivity contribution in [2.75, 3.05) is 5.32 Å². The molecular weight excluding hydrogens is 264 g/mol. The maximum Gasteiger partial charge on any atom is 0.253 e. The molecule has 2 aromatic heterocycles. The molecule has 2 rings (SSSR count). The molecule has 0 saturated heterocycles. The van der Waals surface area contributed by atoms with E-state index in [1.54, 1.807) is 24.8 Å². The van der Waals surface area contributed by atoms with Crippen molar-refractivity contribution in [3.63, 3.8) is 0 Å². The Labute approximate surface area is 124 Å². The summed E-state index contributed by atoms with van der Waals surface area (Å²) in [6, 6.07) is 5.93. The molecule has 0 aromatic carbocycles. The van der Waals surface area contributed by atoms with Crippen LogP contribution < -0.4 is 10.6 Å². The second-order valence-electron chi connectivity index (χ2n) is 4.96. The number of hydrogen-bond donors (Lipinski definition) is 2. The highest BCUT2D eigenvalue weighted by Gasteiger charge is 2.08. The molecule has 21 heavy (non-hydrogen) atoms. The Bertz CT molecular complexity index is 586. The normalized spacial score (nSPS) is 11.7. The van der Waals surface area contributed by atoms with Crippen molar-refractivity contribution >= 4 is 11.6 Å². The number of aromatic nitrogens is 2. The van der Waals surface area contributed by atoms with Crippen LogP contribution in [0.3, 0.4) is 0 Å². The molecule has 1 amide bonds. The van der Waals surface area contributed by atoms with Crippen LogP contribution in [0.2, 0.25) is 0 Å². The molecule has 5 heteroatoms. The van der Waals surface area contributed by atoms with Crippen LogP contribution in [-0.2, 0) is 6.54 Å². The zero-order chi connectivity index (χ0) is 15.1. The molecule has 2 N–H and O–H groups in total. The largest absolute Gasteiger partial charge is 0.381 e. The molecular formula is C16H20N4O. The van der Waals surface area contributed by atoms with E-state index in [0.29, 0.717) is 18.2 Å². The van der Waals surface area contributed by atoms with Crippen molar-refractivity contribution in [3.05, 3.63) is 54.1 Å². The Kier molecular flexibility index (Phi) is 5.26. The molecule has 1 unspecified atom stereocenters. The number of hydrogen-bond acceptors (Lipinski definition) is 4. The van der Waals surface area contributed by atoms with Crippen LogP contribution in [0.25, 0.3) is 0 Å². The lowest BCUT2D eigenvalue weighted by molar-refractivity contribution is 0.0950. The summed E-state index contributed by atoms with van der Waals surface area (Å²) in [6.07, 6.45) is 7.75. The lowest BCUT2D eigenvalue weighted by atomic mass is 10.2. The van der Waals surface area contributed by atoms with Gasteiger partial charge in [0, 0.05) is 37.4 Å². The van der Waals surface area contributed by atoms with E-state index in [0.717, 1.165) is 17.7 Å². The highest BCUT2D eigenvalue weighted by Crippen LogP contribution is 2.11. The van der Waals surface area contributed by atoms with Gasteiger partial charge in [-0.05, 0) is 31.0 Å². The molecule has 2 aromatic rings. The number of anilines is 1. The monoisotopic (exact) mass is 284 g/mol. The van der Waals surface area contributed by atoms with Gasteiger partial charge in [0.2, 0.25) is 0 Å². The highest BCUT2D eigenvalue weighted by atomic mass is 16.1. The number of pyridine rings is 2. The Morgan fingerprint density at radius 2 is 2.14 bits per heavy atom. The fourth-order valence-corrected chi connectivity index (χ4v) is 1.82. The number of carbonyl (C=O) groups excluding carboxylic acids is 1. The van der Waals surface area contributed by atoms with E-state index in [1.165, 1.54) is 0 Å². The summed E-state index contributed by atoms with van der Waals surface area (Å²) in [4.78, 5) is 20.3. The third-order valence-electron chi connectivity index (χ3n) is 3.20. The van der Waals surface area contributed by atoms with Gasteiger partial charge in [-0.2, -0.15) is 0 Å². The zero-order valence-corrected chi connectivity index (χ0v) is 12.3. The maximum atomic E-state index is 12.1. The second-order valence-corrected chi connectivity index (χ2v) is 4.96. The summed E-state index contributed by atoms with van der Waals surface area (Å²) in [7, 11) is 0. The van der Waals surface area contributed by atoms with Gasteiger partial charge in [0.25, 0.3) is 5.91 Å². The van der Waals surface area contributed by atoms with Crippen molar-refractivity contribution in [3.8, 4) is 0 Å². The summed E-state index contributed by atoms with van der Waals surface area (Å²) in [5.74, 6) is -0.140. The lowest BCUT2D eigenvalue weighted by Gasteiger charge is -2.13. The van der Waals surface area contributed by atoms with Crippen LogP contribution in [0.1, 0.15) is 36.2 Å². The second kappa shape index (κ2) is 7.38. The minimum atomic E-state index is -0.140. The van der Waals surface area contributed by atoms with E-state index in [1.807, 2.05) is 18.2 Å². The van der Waals surface area contributed by atoms with Gasteiger partial charge in [-0.25, -0.2) is 0 Å². The Morgan fingerprint density at radius 1 is 1.29 bits per heavy atom. The molecule has 0 bridgehead atoms. The van der Waals surface area contributed by atoms with Gasteiger partial charge in [-0.15, -0.1) is 0 Å². The minimum absolute atomic E-state index is 0.140. The standard InChI is InChI=1S/C16H20N4O/c1-3-12(2)20-15-7-14(10-18-11-15)16(21)19-9-13-5-4-6-17-8-13/h4-8,10-12,20H,3,9H2,1-2H3,(H,19,21). The maximum absolute atomic E-state index is 12.1. The average molecular weight is 284 g/mol. The predicted molar refractivity (Wildman–Crippen MR) is 83.0 cm³/mol. The van der Waals surface area contributed by atoms with Gasteiger partial charge in [-0.3, -0.25) is 14.8 Å². The van der Waals surface area contributed by atoms with E-state index in [9.17, 15) is 4.79 Å². The topological polar surface area (TPSA) is 66.9 Å². The third-order valence-corrected chi connectivity index (χ3v) is 3.20. The smallest absolute Gasteiger partial charge is 0.253 e. The van der Waals surface area contributed by atoms with Crippen LogP contribution in [0.5, 0.6) is 0 Å². The molecule has 1 atom stereocenters. The summed E-state index contributed by atoms with van der Waals surface area (Å²) < 4.78 is 0. The van der Waals surface area contributed by atoms with Gasteiger partial charge in [-0.1, -0.05) is 13.0 Å². The predicted octanol–water partition coefficient (Wildman–Crippen LogP) is 2.62. The molecule has 5 nitrogen and oxygen atoms in total. The molecule has 0 fully saturated rings. The fourth-order valence-electron chi connectivity index (χ4n) is 1.82. The van der Waals surface area contributed by atoms with Crippen LogP contribution in [0.15, 0.2) is 43.0 Å². The fraction of sp³-hybridized carbons (Fsp3) is 0.312. The number of nitrogens with one attached hydrogen (secondary N) is 2. The highest BCUT2D eigenvalue weighted by molar-refractivity contribution is 5.94. The van der Waals surface area contributed by atoms with Crippen molar-refractivity contribution in [2.45, 2.75) is 32.9 Å². The van der Waals surface area contributed by atoms with Crippen molar-refractivity contribution < 1.29 is 4.79 Å². The SMILES string of the molecule is CCC(C)Nc1cncc(C(=O)NCc2cccnc2)c1. The van der Waals surface area contributed by atoms with Gasteiger partial charge in [0.1, 0.15) is 0 Å². The zero-order valence-electron chi connectivity index (χ0n) is 12.3. The first-order valence-electron chi connectivity index (χ1n) is 7.07. The van der Waals surface area contributed by atoms with Crippen molar-refractivity contribution in [1.29, 1.82) is 0 Å². The summed E-state index contributed by atoms with van der Waals surface area (Å²) in [6.45, 7) is 4.65. The van der Waals surface area contributed by atoms with E-state index in [2.05, 4.69) is 34.4 Å². The molecule has 0 radical (unpaired) electrons. The van der Waals surface area contributed by atoms with Crippen LogP contribution in [0.4, 0.5) is 5.69 Å². The Morgan fingerprint density at radius 3 is 2.86 bits per heavy atom. The minimum Gasteiger partial charge on any atom is -0.381 e. The van der Waals surface area contributed by atoms with E-state index in [4.69, 9.17) is 0 Å². The number of nitrogens with zero attached hydrogens (tertiary/aromatic N) is 2. The first-order valence-corrected chi connectivity index (χ1v) is 7.07. The molecule has 0 aliphatic heterocycles. The summed E-state index contributed by atoms with van der Waals surface area (Å²) in [5, 5.41) is 6.17. The molecule has 0 spiro atoms. The molecule has 0 saturated carbocycles. The van der Waals surface area contributed by atoms with Gasteiger partial charge >= 0.3 is 0 Å². The number of amides is 1. The molecule has 2 heterocycles. The van der Waals surface area contributed by atoms with E-state index in [-0.39, 0.29) is 5.91 Å². The van der Waals surface area contributed by atoms with Gasteiger partial charge in [0.05, 0.1) is 11.3 Å². The van der Waals surface area contributed by atoms with Crippen LogP contribution in [0, 0.1) is 0 Å². The Balaban J connectivity index is 1.97.